The molecule has 6 rings (SSSR count). The lowest BCUT2D eigenvalue weighted by Gasteiger charge is -2.49. The van der Waals surface area contributed by atoms with E-state index in [2.05, 4.69) is 35.8 Å². The maximum absolute atomic E-state index is 11.9. The first-order valence-electron chi connectivity index (χ1n) is 13.5. The summed E-state index contributed by atoms with van der Waals surface area (Å²) in [5.41, 5.74) is 9.07. The van der Waals surface area contributed by atoms with Crippen molar-refractivity contribution in [3.05, 3.63) is 68.8 Å². The van der Waals surface area contributed by atoms with E-state index in [1.54, 1.807) is 0 Å². The molecule has 0 unspecified atom stereocenters. The standard InChI is InChI=1S/C30H36N2O4/c1-20-22(5-7-24-26(20)17-35-28(24)33)9-13-31-15-16-32(30(19-31)11-3-4-12-30)14-10-23-6-8-25-27(21(23)2)18-36-29(25)34/h5-8H,3-4,9-19H2,1-2H3. The van der Waals surface area contributed by atoms with Crippen molar-refractivity contribution in [2.45, 2.75) is 71.1 Å². The van der Waals surface area contributed by atoms with Crippen molar-refractivity contribution in [2.24, 2.45) is 0 Å². The molecule has 3 aliphatic heterocycles. The van der Waals surface area contributed by atoms with Crippen LogP contribution in [0, 0.1) is 13.8 Å². The molecule has 6 nitrogen and oxygen atoms in total. The van der Waals surface area contributed by atoms with Crippen LogP contribution in [0.2, 0.25) is 0 Å². The van der Waals surface area contributed by atoms with Crippen LogP contribution in [0.4, 0.5) is 0 Å². The van der Waals surface area contributed by atoms with Gasteiger partial charge >= 0.3 is 11.9 Å². The third-order valence-corrected chi connectivity index (χ3v) is 9.31. The number of piperazine rings is 1. The largest absolute Gasteiger partial charge is 0.457 e. The molecule has 0 N–H and O–H groups in total. The highest BCUT2D eigenvalue weighted by Gasteiger charge is 2.43. The number of benzene rings is 2. The van der Waals surface area contributed by atoms with E-state index in [9.17, 15) is 9.59 Å². The van der Waals surface area contributed by atoms with Crippen molar-refractivity contribution in [1.82, 2.24) is 9.80 Å². The second-order valence-corrected chi connectivity index (χ2v) is 11.1. The number of fused-ring (bicyclic) bond motifs is 2. The second-order valence-electron chi connectivity index (χ2n) is 11.1. The zero-order valence-electron chi connectivity index (χ0n) is 21.5. The van der Waals surface area contributed by atoms with Crippen LogP contribution < -0.4 is 0 Å². The number of hydrogen-bond donors (Lipinski definition) is 0. The predicted molar refractivity (Wildman–Crippen MR) is 137 cm³/mol. The molecule has 0 bridgehead atoms. The Balaban J connectivity index is 1.11. The smallest absolute Gasteiger partial charge is 0.338 e. The van der Waals surface area contributed by atoms with E-state index >= 15 is 0 Å². The van der Waals surface area contributed by atoms with Gasteiger partial charge in [-0.1, -0.05) is 25.0 Å². The van der Waals surface area contributed by atoms with E-state index < -0.39 is 0 Å². The van der Waals surface area contributed by atoms with Crippen LogP contribution in [0.25, 0.3) is 0 Å². The second kappa shape index (κ2) is 9.31. The number of esters is 2. The fourth-order valence-corrected chi connectivity index (χ4v) is 7.01. The van der Waals surface area contributed by atoms with E-state index in [0.29, 0.717) is 13.2 Å². The molecule has 0 aromatic heterocycles. The summed E-state index contributed by atoms with van der Waals surface area (Å²) in [4.78, 5) is 29.2. The van der Waals surface area contributed by atoms with Crippen LogP contribution in [0.5, 0.6) is 0 Å². The molecule has 6 heteroatoms. The van der Waals surface area contributed by atoms with E-state index in [4.69, 9.17) is 9.47 Å². The van der Waals surface area contributed by atoms with Crippen LogP contribution >= 0.6 is 0 Å². The van der Waals surface area contributed by atoms with Crippen LogP contribution in [0.1, 0.15) is 79.8 Å². The van der Waals surface area contributed by atoms with Gasteiger partial charge < -0.3 is 9.47 Å². The lowest BCUT2D eigenvalue weighted by Crippen LogP contribution is -2.61. The lowest BCUT2D eigenvalue weighted by molar-refractivity contribution is 0.00153. The molecule has 1 aliphatic carbocycles. The Labute approximate surface area is 213 Å². The zero-order valence-corrected chi connectivity index (χ0v) is 21.5. The molecule has 1 saturated heterocycles. The van der Waals surface area contributed by atoms with Gasteiger partial charge in [-0.3, -0.25) is 9.80 Å². The van der Waals surface area contributed by atoms with Crippen LogP contribution in [-0.2, 0) is 35.5 Å². The number of carbonyl (C=O) groups excluding carboxylic acids is 2. The number of carbonyl (C=O) groups is 2. The first kappa shape index (κ1) is 23.7. The summed E-state index contributed by atoms with van der Waals surface area (Å²) in [7, 11) is 0. The van der Waals surface area contributed by atoms with Gasteiger partial charge in [0, 0.05) is 49.4 Å². The Morgan fingerprint density at radius 1 is 0.778 bits per heavy atom. The number of nitrogens with zero attached hydrogens (tertiary/aromatic N) is 2. The topological polar surface area (TPSA) is 59.1 Å². The average Bonchev–Trinajstić information content (AvgIpc) is 3.60. The summed E-state index contributed by atoms with van der Waals surface area (Å²) in [5.74, 6) is -0.367. The van der Waals surface area contributed by atoms with Gasteiger partial charge in [-0.25, -0.2) is 9.59 Å². The van der Waals surface area contributed by atoms with Gasteiger partial charge in [0.1, 0.15) is 13.2 Å². The monoisotopic (exact) mass is 488 g/mol. The van der Waals surface area contributed by atoms with Crippen LogP contribution in [0.15, 0.2) is 24.3 Å². The number of cyclic esters (lactones) is 2. The highest BCUT2D eigenvalue weighted by atomic mass is 16.5. The average molecular weight is 489 g/mol. The van der Waals surface area contributed by atoms with Crippen molar-refractivity contribution in [1.29, 1.82) is 0 Å². The quantitative estimate of drug-likeness (QED) is 0.563. The Kier molecular flexibility index (Phi) is 6.12. The maximum Gasteiger partial charge on any atom is 0.338 e. The highest BCUT2D eigenvalue weighted by Crippen LogP contribution is 2.38. The maximum atomic E-state index is 11.9. The molecule has 190 valence electrons. The van der Waals surface area contributed by atoms with Crippen molar-refractivity contribution in [3.63, 3.8) is 0 Å². The van der Waals surface area contributed by atoms with Crippen molar-refractivity contribution < 1.29 is 19.1 Å². The lowest BCUT2D eigenvalue weighted by atomic mass is 9.90. The Bertz CT molecular complexity index is 1210. The number of hydrogen-bond acceptors (Lipinski definition) is 6. The molecular weight excluding hydrogens is 452 g/mol. The molecule has 36 heavy (non-hydrogen) atoms. The van der Waals surface area contributed by atoms with Crippen molar-refractivity contribution in [3.8, 4) is 0 Å². The minimum absolute atomic E-state index is 0.183. The summed E-state index contributed by atoms with van der Waals surface area (Å²) in [6.07, 6.45) is 7.24. The fourth-order valence-electron chi connectivity index (χ4n) is 7.01. The number of ether oxygens (including phenoxy) is 2. The molecule has 3 heterocycles. The van der Waals surface area contributed by atoms with Gasteiger partial charge in [0.2, 0.25) is 0 Å². The normalized spacial score (nSPS) is 21.1. The Morgan fingerprint density at radius 2 is 1.33 bits per heavy atom. The SMILES string of the molecule is Cc1c(CCN2CCN(CCc3ccc4c(c3C)COC4=O)C3(CCCC3)C2)ccc2c1COC2=O. The third-order valence-electron chi connectivity index (χ3n) is 9.31. The van der Waals surface area contributed by atoms with Gasteiger partial charge in [-0.2, -0.15) is 0 Å². The molecule has 0 amide bonds. The van der Waals surface area contributed by atoms with Crippen LogP contribution in [-0.4, -0.2) is 60.0 Å². The first-order chi connectivity index (χ1) is 17.4. The molecule has 2 aromatic rings. The Morgan fingerprint density at radius 3 is 1.92 bits per heavy atom. The van der Waals surface area contributed by atoms with Gasteiger partial charge in [0.15, 0.2) is 0 Å². The molecule has 0 atom stereocenters. The van der Waals surface area contributed by atoms with E-state index in [1.807, 2.05) is 12.1 Å². The van der Waals surface area contributed by atoms with Gasteiger partial charge in [0.25, 0.3) is 0 Å². The van der Waals surface area contributed by atoms with Crippen molar-refractivity contribution in [2.75, 3.05) is 32.7 Å². The third kappa shape index (κ3) is 4.04. The molecule has 0 radical (unpaired) electrons. The van der Waals surface area contributed by atoms with Gasteiger partial charge in [0.05, 0.1) is 11.1 Å². The van der Waals surface area contributed by atoms with Gasteiger partial charge in [-0.15, -0.1) is 0 Å². The molecule has 4 aliphatic rings. The number of rotatable bonds is 6. The molecule has 1 spiro atoms. The summed E-state index contributed by atoms with van der Waals surface area (Å²) in [6.45, 7) is 10.6. The highest BCUT2D eigenvalue weighted by molar-refractivity contribution is 5.94. The van der Waals surface area contributed by atoms with Gasteiger partial charge in [-0.05, 0) is 73.9 Å². The van der Waals surface area contributed by atoms with E-state index in [-0.39, 0.29) is 17.5 Å². The summed E-state index contributed by atoms with van der Waals surface area (Å²) in [5, 5.41) is 0. The van der Waals surface area contributed by atoms with E-state index in [0.717, 1.165) is 67.8 Å². The molecule has 2 aromatic carbocycles. The Hall–Kier alpha value is -2.70. The molecule has 1 saturated carbocycles. The molecule has 2 fully saturated rings. The summed E-state index contributed by atoms with van der Waals surface area (Å²) >= 11 is 0. The summed E-state index contributed by atoms with van der Waals surface area (Å²) < 4.78 is 10.5. The summed E-state index contributed by atoms with van der Waals surface area (Å²) in [6, 6.07) is 8.17. The first-order valence-corrected chi connectivity index (χ1v) is 13.5. The molecular formula is C30H36N2O4. The fraction of sp³-hybridized carbons (Fsp3) is 0.533. The van der Waals surface area contributed by atoms with E-state index in [1.165, 1.54) is 47.9 Å². The van der Waals surface area contributed by atoms with Crippen LogP contribution in [0.3, 0.4) is 0 Å². The minimum Gasteiger partial charge on any atom is -0.457 e. The predicted octanol–water partition coefficient (Wildman–Crippen LogP) is 4.36. The minimum atomic E-state index is -0.184. The van der Waals surface area contributed by atoms with Crippen molar-refractivity contribution >= 4 is 11.9 Å². The zero-order chi connectivity index (χ0) is 24.9.